The Balaban J connectivity index is 1.36. The summed E-state index contributed by atoms with van der Waals surface area (Å²) in [5.74, 6) is 1.10. The molecular formula is C19H18ClNO3. The molecule has 0 bridgehead atoms. The van der Waals surface area contributed by atoms with Crippen molar-refractivity contribution >= 4 is 17.5 Å². The fourth-order valence-electron chi connectivity index (χ4n) is 3.23. The average Bonchev–Trinajstić information content (AvgIpc) is 2.95. The first-order valence-electron chi connectivity index (χ1n) is 8.13. The van der Waals surface area contributed by atoms with E-state index >= 15 is 0 Å². The maximum absolute atomic E-state index is 12.5. The van der Waals surface area contributed by atoms with Crippen LogP contribution in [0.25, 0.3) is 0 Å². The summed E-state index contributed by atoms with van der Waals surface area (Å²) >= 11 is 5.88. The van der Waals surface area contributed by atoms with Crippen molar-refractivity contribution in [2.45, 2.75) is 25.0 Å². The minimum atomic E-state index is -0.610. The van der Waals surface area contributed by atoms with Crippen LogP contribution in [0.1, 0.15) is 18.4 Å². The lowest BCUT2D eigenvalue weighted by molar-refractivity contribution is -0.145. The van der Waals surface area contributed by atoms with Gasteiger partial charge in [-0.1, -0.05) is 35.9 Å². The van der Waals surface area contributed by atoms with Gasteiger partial charge in [-0.2, -0.15) is 0 Å². The highest BCUT2D eigenvalue weighted by Gasteiger charge is 2.44. The van der Waals surface area contributed by atoms with Gasteiger partial charge < -0.3 is 14.4 Å². The molecule has 1 amide bonds. The summed E-state index contributed by atoms with van der Waals surface area (Å²) in [7, 11) is 0. The van der Waals surface area contributed by atoms with E-state index in [0.29, 0.717) is 37.4 Å². The second kappa shape index (κ2) is 6.02. The van der Waals surface area contributed by atoms with Crippen molar-refractivity contribution in [2.24, 2.45) is 0 Å². The lowest BCUT2D eigenvalue weighted by Gasteiger charge is -2.37. The number of nitrogens with zero attached hydrogens (tertiary/aromatic N) is 1. The predicted molar refractivity (Wildman–Crippen MR) is 91.4 cm³/mol. The Morgan fingerprint density at radius 3 is 2.17 bits per heavy atom. The summed E-state index contributed by atoms with van der Waals surface area (Å²) in [5.41, 5.74) is 0.977. The molecule has 4 rings (SSSR count). The number of para-hydroxylation sites is 2. The van der Waals surface area contributed by atoms with E-state index in [1.165, 1.54) is 0 Å². The van der Waals surface area contributed by atoms with Gasteiger partial charge in [-0.3, -0.25) is 4.79 Å². The minimum Gasteiger partial charge on any atom is -0.448 e. The largest absolute Gasteiger partial charge is 0.448 e. The van der Waals surface area contributed by atoms with Crippen molar-refractivity contribution in [3.8, 4) is 11.5 Å². The molecule has 24 heavy (non-hydrogen) atoms. The third-order valence-electron chi connectivity index (χ3n) is 4.59. The average molecular weight is 344 g/mol. The van der Waals surface area contributed by atoms with Crippen molar-refractivity contribution in [1.29, 1.82) is 0 Å². The van der Waals surface area contributed by atoms with E-state index in [4.69, 9.17) is 21.1 Å². The summed E-state index contributed by atoms with van der Waals surface area (Å²) in [6.45, 7) is 1.28. The van der Waals surface area contributed by atoms with Gasteiger partial charge in [0.1, 0.15) is 0 Å². The van der Waals surface area contributed by atoms with Gasteiger partial charge in [0.05, 0.1) is 6.42 Å². The molecule has 0 unspecified atom stereocenters. The van der Waals surface area contributed by atoms with Gasteiger partial charge in [0.15, 0.2) is 11.5 Å². The normalized spacial score (nSPS) is 18.0. The quantitative estimate of drug-likeness (QED) is 0.835. The molecule has 2 aromatic carbocycles. The molecule has 0 atom stereocenters. The summed E-state index contributed by atoms with van der Waals surface area (Å²) in [4.78, 5) is 14.4. The van der Waals surface area contributed by atoms with Gasteiger partial charge in [0.25, 0.3) is 5.79 Å². The zero-order valence-corrected chi connectivity index (χ0v) is 14.0. The van der Waals surface area contributed by atoms with E-state index in [1.807, 2.05) is 53.4 Å². The van der Waals surface area contributed by atoms with E-state index in [1.54, 1.807) is 0 Å². The van der Waals surface area contributed by atoms with E-state index in [-0.39, 0.29) is 5.91 Å². The van der Waals surface area contributed by atoms with E-state index in [0.717, 1.165) is 17.1 Å². The number of hydrogen-bond acceptors (Lipinski definition) is 3. The van der Waals surface area contributed by atoms with E-state index in [2.05, 4.69) is 0 Å². The second-order valence-electron chi connectivity index (χ2n) is 6.25. The number of likely N-dealkylation sites (tertiary alicyclic amines) is 1. The summed E-state index contributed by atoms with van der Waals surface area (Å²) in [5, 5.41) is 0.682. The van der Waals surface area contributed by atoms with Crippen molar-refractivity contribution in [3.63, 3.8) is 0 Å². The van der Waals surface area contributed by atoms with Crippen LogP contribution in [-0.4, -0.2) is 29.7 Å². The highest BCUT2D eigenvalue weighted by Crippen LogP contribution is 2.43. The monoisotopic (exact) mass is 343 g/mol. The highest BCUT2D eigenvalue weighted by molar-refractivity contribution is 6.30. The molecule has 2 aliphatic heterocycles. The molecule has 0 aliphatic carbocycles. The molecule has 1 fully saturated rings. The molecule has 2 aliphatic rings. The number of benzene rings is 2. The third-order valence-corrected chi connectivity index (χ3v) is 4.84. The maximum atomic E-state index is 12.5. The number of hydrogen-bond donors (Lipinski definition) is 0. The molecule has 2 heterocycles. The number of ether oxygens (including phenoxy) is 2. The molecule has 1 saturated heterocycles. The Hall–Kier alpha value is -2.20. The van der Waals surface area contributed by atoms with Gasteiger partial charge in [-0.05, 0) is 29.8 Å². The van der Waals surface area contributed by atoms with Gasteiger partial charge in [-0.15, -0.1) is 0 Å². The fraction of sp³-hybridized carbons (Fsp3) is 0.316. The van der Waals surface area contributed by atoms with Gasteiger partial charge in [0.2, 0.25) is 5.91 Å². The summed E-state index contributed by atoms with van der Waals surface area (Å²) in [6, 6.07) is 15.1. The molecule has 0 N–H and O–H groups in total. The van der Waals surface area contributed by atoms with Crippen LogP contribution < -0.4 is 9.47 Å². The van der Waals surface area contributed by atoms with Crippen LogP contribution in [0.15, 0.2) is 48.5 Å². The lowest BCUT2D eigenvalue weighted by atomic mass is 10.0. The first-order chi connectivity index (χ1) is 11.6. The second-order valence-corrected chi connectivity index (χ2v) is 6.68. The summed E-state index contributed by atoms with van der Waals surface area (Å²) in [6.07, 6.45) is 1.74. The van der Waals surface area contributed by atoms with Crippen LogP contribution in [-0.2, 0) is 11.2 Å². The Morgan fingerprint density at radius 2 is 1.58 bits per heavy atom. The molecule has 0 aromatic heterocycles. The van der Waals surface area contributed by atoms with Crippen molar-refractivity contribution in [2.75, 3.05) is 13.1 Å². The molecule has 0 radical (unpaired) electrons. The highest BCUT2D eigenvalue weighted by atomic mass is 35.5. The van der Waals surface area contributed by atoms with Crippen LogP contribution in [0.2, 0.25) is 5.02 Å². The first kappa shape index (κ1) is 15.3. The van der Waals surface area contributed by atoms with Crippen LogP contribution in [0.4, 0.5) is 0 Å². The number of fused-ring (bicyclic) bond motifs is 1. The van der Waals surface area contributed by atoms with Gasteiger partial charge in [-0.25, -0.2) is 0 Å². The Morgan fingerprint density at radius 1 is 1.00 bits per heavy atom. The summed E-state index contributed by atoms with van der Waals surface area (Å²) < 4.78 is 12.0. The number of rotatable bonds is 2. The van der Waals surface area contributed by atoms with Crippen LogP contribution in [0, 0.1) is 0 Å². The van der Waals surface area contributed by atoms with E-state index in [9.17, 15) is 4.79 Å². The molecule has 4 nitrogen and oxygen atoms in total. The Bertz CT molecular complexity index is 724. The number of piperidine rings is 1. The number of carbonyl (C=O) groups is 1. The number of halogens is 1. The molecule has 0 saturated carbocycles. The standard InChI is InChI=1S/C19H18ClNO3/c20-15-7-5-14(6-8-15)13-18(22)21-11-9-19(10-12-21)23-16-3-1-2-4-17(16)24-19/h1-8H,9-13H2. The molecule has 124 valence electrons. The maximum Gasteiger partial charge on any atom is 0.255 e. The number of amides is 1. The Kier molecular flexibility index (Phi) is 3.85. The van der Waals surface area contributed by atoms with Crippen molar-refractivity contribution < 1.29 is 14.3 Å². The molecular weight excluding hydrogens is 326 g/mol. The topological polar surface area (TPSA) is 38.8 Å². The van der Waals surface area contributed by atoms with Crippen LogP contribution >= 0.6 is 11.6 Å². The lowest BCUT2D eigenvalue weighted by Crippen LogP contribution is -2.51. The zero-order chi connectivity index (χ0) is 16.6. The third kappa shape index (κ3) is 2.94. The van der Waals surface area contributed by atoms with Crippen LogP contribution in [0.5, 0.6) is 11.5 Å². The SMILES string of the molecule is O=C(Cc1ccc(Cl)cc1)N1CCC2(CC1)Oc1ccccc1O2. The van der Waals surface area contributed by atoms with Crippen LogP contribution in [0.3, 0.4) is 0 Å². The first-order valence-corrected chi connectivity index (χ1v) is 8.51. The van der Waals surface area contributed by atoms with Gasteiger partial charge >= 0.3 is 0 Å². The number of carbonyl (C=O) groups excluding carboxylic acids is 1. The molecule has 5 heteroatoms. The van der Waals surface area contributed by atoms with E-state index < -0.39 is 5.79 Å². The minimum absolute atomic E-state index is 0.127. The Labute approximate surface area is 145 Å². The predicted octanol–water partition coefficient (Wildman–Crippen LogP) is 3.67. The smallest absolute Gasteiger partial charge is 0.255 e. The molecule has 1 spiro atoms. The zero-order valence-electron chi connectivity index (χ0n) is 13.2. The van der Waals surface area contributed by atoms with Crippen molar-refractivity contribution in [1.82, 2.24) is 4.90 Å². The van der Waals surface area contributed by atoms with Gasteiger partial charge in [0, 0.05) is 31.0 Å². The van der Waals surface area contributed by atoms with Crippen molar-refractivity contribution in [3.05, 3.63) is 59.1 Å². The molecule has 2 aromatic rings. The fourth-order valence-corrected chi connectivity index (χ4v) is 3.36.